The fraction of sp³-hybridized carbons (Fsp3) is 0.417. The summed E-state index contributed by atoms with van der Waals surface area (Å²) >= 11 is 0. The molecule has 1 unspecified atom stereocenters. The fourth-order valence-electron chi connectivity index (χ4n) is 1.82. The first-order chi connectivity index (χ1) is 9.26. The Morgan fingerprint density at radius 3 is 2.95 bits per heavy atom. The van der Waals surface area contributed by atoms with Gasteiger partial charge in [0.25, 0.3) is 0 Å². The monoisotopic (exact) mass is 262 g/mol. The molecule has 0 fully saturated rings. The summed E-state index contributed by atoms with van der Waals surface area (Å²) in [5, 5.41) is 4.24. The highest BCUT2D eigenvalue weighted by molar-refractivity contribution is 5.19. The minimum absolute atomic E-state index is 0.105. The van der Waals surface area contributed by atoms with E-state index in [0.29, 0.717) is 12.3 Å². The average Bonchev–Trinajstić information content (AvgIpc) is 2.92. The van der Waals surface area contributed by atoms with Crippen molar-refractivity contribution in [3.05, 3.63) is 36.0 Å². The summed E-state index contributed by atoms with van der Waals surface area (Å²) in [5.41, 5.74) is 4.65. The Hall–Kier alpha value is -1.99. The number of hydrogen-bond acceptors (Lipinski definition) is 6. The lowest BCUT2D eigenvalue weighted by Crippen LogP contribution is -2.30. The van der Waals surface area contributed by atoms with Crippen molar-refractivity contribution in [2.24, 2.45) is 5.84 Å². The van der Waals surface area contributed by atoms with Crippen LogP contribution in [-0.4, -0.2) is 26.9 Å². The summed E-state index contributed by atoms with van der Waals surface area (Å²) in [5.74, 6) is 6.13. The molecule has 0 amide bonds. The van der Waals surface area contributed by atoms with Crippen molar-refractivity contribution in [3.63, 3.8) is 0 Å². The predicted octanol–water partition coefficient (Wildman–Crippen LogP) is 0.449. The zero-order valence-electron chi connectivity index (χ0n) is 11.1. The molecule has 0 saturated carbocycles. The van der Waals surface area contributed by atoms with Crippen molar-refractivity contribution >= 4 is 0 Å². The zero-order chi connectivity index (χ0) is 13.7. The molecule has 0 bridgehead atoms. The molecule has 7 nitrogen and oxygen atoms in total. The third kappa shape index (κ3) is 3.27. The first-order valence-electron chi connectivity index (χ1n) is 6.10. The average molecular weight is 262 g/mol. The van der Waals surface area contributed by atoms with E-state index in [4.69, 9.17) is 10.6 Å². The molecule has 0 aliphatic rings. The Kier molecular flexibility index (Phi) is 4.43. The lowest BCUT2D eigenvalue weighted by molar-refractivity contribution is 0.393. The van der Waals surface area contributed by atoms with Gasteiger partial charge in [-0.05, 0) is 18.9 Å². The van der Waals surface area contributed by atoms with Gasteiger partial charge in [-0.2, -0.15) is 5.10 Å². The Labute approximate surface area is 111 Å². The van der Waals surface area contributed by atoms with E-state index in [0.717, 1.165) is 17.8 Å². The molecule has 2 aromatic rings. The molecule has 2 rings (SSSR count). The smallest absolute Gasteiger partial charge is 0.216 e. The van der Waals surface area contributed by atoms with Gasteiger partial charge in [-0.3, -0.25) is 16.0 Å². The second-order valence-corrected chi connectivity index (χ2v) is 4.11. The van der Waals surface area contributed by atoms with E-state index < -0.39 is 0 Å². The van der Waals surface area contributed by atoms with Crippen LogP contribution in [0.4, 0.5) is 0 Å². The van der Waals surface area contributed by atoms with E-state index in [9.17, 15) is 0 Å². The highest BCUT2D eigenvalue weighted by Gasteiger charge is 2.14. The summed E-state index contributed by atoms with van der Waals surface area (Å²) in [6, 6.07) is 1.67. The lowest BCUT2D eigenvalue weighted by atomic mass is 10.1. The van der Waals surface area contributed by atoms with Crippen molar-refractivity contribution in [2.75, 3.05) is 7.11 Å². The van der Waals surface area contributed by atoms with E-state index in [2.05, 4.69) is 20.5 Å². The third-order valence-electron chi connectivity index (χ3n) is 2.88. The molecule has 0 aliphatic carbocycles. The molecule has 0 aromatic carbocycles. The van der Waals surface area contributed by atoms with Crippen molar-refractivity contribution in [1.29, 1.82) is 0 Å². The van der Waals surface area contributed by atoms with E-state index in [1.807, 2.05) is 24.0 Å². The van der Waals surface area contributed by atoms with Crippen LogP contribution in [0.25, 0.3) is 0 Å². The highest BCUT2D eigenvalue weighted by atomic mass is 16.5. The van der Waals surface area contributed by atoms with E-state index >= 15 is 0 Å². The number of nitrogens with zero attached hydrogens (tertiary/aromatic N) is 4. The molecule has 0 aliphatic heterocycles. The van der Waals surface area contributed by atoms with Crippen LogP contribution in [0.5, 0.6) is 5.88 Å². The van der Waals surface area contributed by atoms with Gasteiger partial charge in [-0.25, -0.2) is 9.97 Å². The molecule has 3 N–H and O–H groups in total. The molecule has 7 heteroatoms. The van der Waals surface area contributed by atoms with Gasteiger partial charge in [0.05, 0.1) is 25.0 Å². The summed E-state index contributed by atoms with van der Waals surface area (Å²) in [6.45, 7) is 2.90. The van der Waals surface area contributed by atoms with Gasteiger partial charge >= 0.3 is 0 Å². The number of rotatable bonds is 6. The number of hydrazine groups is 1. The first kappa shape index (κ1) is 13.4. The standard InChI is InChI=1S/C12H18N6O/c1-3-18-7-9(6-16-18)4-11(17-13)10-5-12(19-2)15-8-14-10/h5-8,11,17H,3-4,13H2,1-2H3. The number of aromatic nitrogens is 4. The Bertz CT molecular complexity index is 526. The molecule has 0 radical (unpaired) electrons. The molecular formula is C12H18N6O. The Morgan fingerprint density at radius 1 is 1.47 bits per heavy atom. The molecule has 2 aromatic heterocycles. The summed E-state index contributed by atoms with van der Waals surface area (Å²) in [4.78, 5) is 8.20. The number of nitrogens with two attached hydrogens (primary N) is 1. The van der Waals surface area contributed by atoms with Gasteiger partial charge in [0.15, 0.2) is 0 Å². The van der Waals surface area contributed by atoms with Crippen LogP contribution in [0.2, 0.25) is 0 Å². The number of hydrogen-bond donors (Lipinski definition) is 2. The number of aryl methyl sites for hydroxylation is 1. The topological polar surface area (TPSA) is 90.9 Å². The van der Waals surface area contributed by atoms with Gasteiger partial charge in [-0.1, -0.05) is 0 Å². The minimum atomic E-state index is -0.105. The van der Waals surface area contributed by atoms with Crippen molar-refractivity contribution in [2.45, 2.75) is 25.9 Å². The van der Waals surface area contributed by atoms with E-state index in [1.54, 1.807) is 13.2 Å². The van der Waals surface area contributed by atoms with Gasteiger partial charge in [0.1, 0.15) is 6.33 Å². The van der Waals surface area contributed by atoms with E-state index in [1.165, 1.54) is 6.33 Å². The zero-order valence-corrected chi connectivity index (χ0v) is 11.1. The van der Waals surface area contributed by atoms with Crippen LogP contribution < -0.4 is 16.0 Å². The largest absolute Gasteiger partial charge is 0.481 e. The molecule has 0 spiro atoms. The normalized spacial score (nSPS) is 12.4. The second kappa shape index (κ2) is 6.26. The highest BCUT2D eigenvalue weighted by Crippen LogP contribution is 2.18. The summed E-state index contributed by atoms with van der Waals surface area (Å²) in [7, 11) is 1.57. The third-order valence-corrected chi connectivity index (χ3v) is 2.88. The van der Waals surface area contributed by atoms with Crippen LogP contribution in [0, 0.1) is 0 Å². The Balaban J connectivity index is 2.14. The molecule has 102 valence electrons. The summed E-state index contributed by atoms with van der Waals surface area (Å²) in [6.07, 6.45) is 6.01. The maximum atomic E-state index is 5.61. The SMILES string of the molecule is CCn1cc(CC(NN)c2cc(OC)ncn2)cn1. The van der Waals surface area contributed by atoms with Gasteiger partial charge < -0.3 is 4.74 Å². The van der Waals surface area contributed by atoms with Crippen molar-refractivity contribution < 1.29 is 4.74 Å². The molecule has 19 heavy (non-hydrogen) atoms. The number of ether oxygens (including phenoxy) is 1. The van der Waals surface area contributed by atoms with Gasteiger partial charge in [-0.15, -0.1) is 0 Å². The maximum Gasteiger partial charge on any atom is 0.216 e. The predicted molar refractivity (Wildman–Crippen MR) is 70.3 cm³/mol. The van der Waals surface area contributed by atoms with Crippen LogP contribution >= 0.6 is 0 Å². The number of nitrogens with one attached hydrogen (secondary N) is 1. The van der Waals surface area contributed by atoms with Crippen LogP contribution in [0.3, 0.4) is 0 Å². The molecule has 1 atom stereocenters. The second-order valence-electron chi connectivity index (χ2n) is 4.11. The summed E-state index contributed by atoms with van der Waals surface area (Å²) < 4.78 is 6.96. The van der Waals surface area contributed by atoms with Crippen LogP contribution in [0.15, 0.2) is 24.8 Å². The quantitative estimate of drug-likeness (QED) is 0.580. The van der Waals surface area contributed by atoms with E-state index in [-0.39, 0.29) is 6.04 Å². The van der Waals surface area contributed by atoms with Crippen molar-refractivity contribution in [1.82, 2.24) is 25.2 Å². The molecule has 2 heterocycles. The Morgan fingerprint density at radius 2 is 2.32 bits per heavy atom. The van der Waals surface area contributed by atoms with Crippen LogP contribution in [0.1, 0.15) is 24.2 Å². The lowest BCUT2D eigenvalue weighted by Gasteiger charge is -2.14. The maximum absolute atomic E-state index is 5.61. The minimum Gasteiger partial charge on any atom is -0.481 e. The molecular weight excluding hydrogens is 244 g/mol. The molecule has 0 saturated heterocycles. The van der Waals surface area contributed by atoms with Crippen molar-refractivity contribution in [3.8, 4) is 5.88 Å². The van der Waals surface area contributed by atoms with Crippen LogP contribution in [-0.2, 0) is 13.0 Å². The van der Waals surface area contributed by atoms with Gasteiger partial charge in [0.2, 0.25) is 5.88 Å². The number of methoxy groups -OCH3 is 1. The van der Waals surface area contributed by atoms with Gasteiger partial charge in [0, 0.05) is 18.8 Å². The first-order valence-corrected chi connectivity index (χ1v) is 6.10. The fourth-order valence-corrected chi connectivity index (χ4v) is 1.82.